The molecule has 0 saturated heterocycles. The minimum atomic E-state index is -1.22. The van der Waals surface area contributed by atoms with Crippen molar-refractivity contribution in [3.05, 3.63) is 52.2 Å². The van der Waals surface area contributed by atoms with Gasteiger partial charge in [-0.3, -0.25) is 10.1 Å². The topological polar surface area (TPSA) is 107 Å². The quantitative estimate of drug-likeness (QED) is 0.506. The van der Waals surface area contributed by atoms with Crippen molar-refractivity contribution in [1.82, 2.24) is 0 Å². The zero-order valence-electron chi connectivity index (χ0n) is 8.90. The maximum absolute atomic E-state index is 11.0. The maximum Gasteiger partial charge on any atom is 0.433 e. The molecule has 0 aromatic carbocycles. The van der Waals surface area contributed by atoms with E-state index in [1.165, 1.54) is 24.5 Å². The first-order valence-corrected chi connectivity index (χ1v) is 4.81. The van der Waals surface area contributed by atoms with Crippen molar-refractivity contribution in [2.24, 2.45) is 0 Å². The Balaban J connectivity index is 2.39. The van der Waals surface area contributed by atoms with Crippen LogP contribution in [0.5, 0.6) is 0 Å². The van der Waals surface area contributed by atoms with Crippen molar-refractivity contribution < 1.29 is 23.7 Å². The Bertz CT molecular complexity index is 607. The molecule has 2 aromatic rings. The third-order valence-electron chi connectivity index (χ3n) is 2.10. The van der Waals surface area contributed by atoms with Crippen molar-refractivity contribution in [2.45, 2.75) is 0 Å². The lowest BCUT2D eigenvalue weighted by Crippen LogP contribution is -1.98. The minimum absolute atomic E-state index is 0.0653. The number of nitrogens with zero attached hydrogens (tertiary/aromatic N) is 1. The highest BCUT2D eigenvalue weighted by Gasteiger charge is 2.16. The fourth-order valence-corrected chi connectivity index (χ4v) is 1.33. The molecule has 7 heteroatoms. The highest BCUT2D eigenvalue weighted by atomic mass is 16.6. The summed E-state index contributed by atoms with van der Waals surface area (Å²) >= 11 is 0. The molecule has 92 valence electrons. The van der Waals surface area contributed by atoms with Gasteiger partial charge in [0.25, 0.3) is 0 Å². The molecule has 1 N–H and O–H groups in total. The van der Waals surface area contributed by atoms with Gasteiger partial charge in [-0.05, 0) is 24.3 Å². The van der Waals surface area contributed by atoms with Crippen molar-refractivity contribution in [3.8, 4) is 0 Å². The molecule has 0 unspecified atom stereocenters. The Morgan fingerprint density at radius 1 is 1.39 bits per heavy atom. The van der Waals surface area contributed by atoms with Gasteiger partial charge in [0.15, 0.2) is 0 Å². The van der Waals surface area contributed by atoms with Gasteiger partial charge in [-0.25, -0.2) is 4.79 Å². The van der Waals surface area contributed by atoms with Crippen LogP contribution in [0.15, 0.2) is 39.4 Å². The van der Waals surface area contributed by atoms with Crippen LogP contribution in [0, 0.1) is 10.1 Å². The molecule has 2 aromatic heterocycles. The number of hydrogen-bond acceptors (Lipinski definition) is 5. The number of carbonyl (C=O) groups is 1. The summed E-state index contributed by atoms with van der Waals surface area (Å²) in [6.07, 6.45) is 2.49. The largest absolute Gasteiger partial charge is 0.478 e. The number of furan rings is 2. The summed E-state index contributed by atoms with van der Waals surface area (Å²) in [6.45, 7) is 0. The Morgan fingerprint density at radius 2 is 2.17 bits per heavy atom. The lowest BCUT2D eigenvalue weighted by atomic mass is 10.2. The Labute approximate surface area is 100 Å². The van der Waals surface area contributed by atoms with Crippen LogP contribution in [-0.2, 0) is 4.79 Å². The van der Waals surface area contributed by atoms with Crippen LogP contribution in [0.2, 0.25) is 0 Å². The number of hydrogen-bond donors (Lipinski definition) is 1. The first-order valence-electron chi connectivity index (χ1n) is 4.81. The summed E-state index contributed by atoms with van der Waals surface area (Å²) in [4.78, 5) is 20.8. The van der Waals surface area contributed by atoms with Gasteiger partial charge in [0, 0.05) is 0 Å². The van der Waals surface area contributed by atoms with E-state index in [9.17, 15) is 14.9 Å². The number of nitro groups is 1. The van der Waals surface area contributed by atoms with Crippen LogP contribution in [0.4, 0.5) is 5.88 Å². The highest BCUT2D eigenvalue weighted by Crippen LogP contribution is 2.22. The summed E-state index contributed by atoms with van der Waals surface area (Å²) in [5.74, 6) is -1.47. The molecule has 0 spiro atoms. The second-order valence-corrected chi connectivity index (χ2v) is 3.27. The van der Waals surface area contributed by atoms with Crippen LogP contribution in [0.1, 0.15) is 11.5 Å². The van der Waals surface area contributed by atoms with E-state index >= 15 is 0 Å². The fraction of sp³-hybridized carbons (Fsp3) is 0. The molecule has 0 radical (unpaired) electrons. The minimum Gasteiger partial charge on any atom is -0.478 e. The number of carboxylic acid groups (broad SMARTS) is 1. The number of carboxylic acids is 1. The second-order valence-electron chi connectivity index (χ2n) is 3.27. The number of rotatable bonds is 4. The first kappa shape index (κ1) is 11.6. The molecule has 0 aliphatic carbocycles. The van der Waals surface area contributed by atoms with Gasteiger partial charge in [-0.2, -0.15) is 0 Å². The third-order valence-corrected chi connectivity index (χ3v) is 2.10. The fourth-order valence-electron chi connectivity index (χ4n) is 1.33. The van der Waals surface area contributed by atoms with Crippen LogP contribution >= 0.6 is 0 Å². The van der Waals surface area contributed by atoms with Gasteiger partial charge in [0.1, 0.15) is 22.0 Å². The summed E-state index contributed by atoms with van der Waals surface area (Å²) in [6, 6.07) is 5.46. The van der Waals surface area contributed by atoms with Gasteiger partial charge < -0.3 is 13.9 Å². The lowest BCUT2D eigenvalue weighted by Gasteiger charge is -1.96. The van der Waals surface area contributed by atoms with E-state index < -0.39 is 16.8 Å². The van der Waals surface area contributed by atoms with E-state index in [0.717, 1.165) is 12.1 Å². The smallest absolute Gasteiger partial charge is 0.433 e. The molecule has 2 heterocycles. The van der Waals surface area contributed by atoms with E-state index in [-0.39, 0.29) is 17.1 Å². The second kappa shape index (κ2) is 4.58. The summed E-state index contributed by atoms with van der Waals surface area (Å²) in [7, 11) is 0. The average molecular weight is 249 g/mol. The van der Waals surface area contributed by atoms with Crippen molar-refractivity contribution in [1.29, 1.82) is 0 Å². The predicted octanol–water partition coefficient (Wildman–Crippen LogP) is 2.41. The normalized spacial score (nSPS) is 11.4. The van der Waals surface area contributed by atoms with Crippen LogP contribution in [-0.4, -0.2) is 16.0 Å². The molecule has 0 aliphatic rings. The van der Waals surface area contributed by atoms with Gasteiger partial charge in [-0.15, -0.1) is 0 Å². The van der Waals surface area contributed by atoms with Crippen molar-refractivity contribution in [3.63, 3.8) is 0 Å². The SMILES string of the molecule is O=C(O)/C(=C/c1ccc([N+](=O)[O-])o1)c1ccco1. The van der Waals surface area contributed by atoms with Crippen LogP contribution in [0.25, 0.3) is 11.6 Å². The van der Waals surface area contributed by atoms with E-state index in [4.69, 9.17) is 13.9 Å². The average Bonchev–Trinajstić information content (AvgIpc) is 2.96. The van der Waals surface area contributed by atoms with E-state index in [2.05, 4.69) is 0 Å². The molecule has 0 bridgehead atoms. The molecular formula is C11H7NO6. The monoisotopic (exact) mass is 249 g/mol. The van der Waals surface area contributed by atoms with E-state index in [1.54, 1.807) is 0 Å². The molecule has 18 heavy (non-hydrogen) atoms. The molecule has 0 aliphatic heterocycles. The van der Waals surface area contributed by atoms with E-state index in [1.807, 2.05) is 0 Å². The molecule has 7 nitrogen and oxygen atoms in total. The highest BCUT2D eigenvalue weighted by molar-refractivity contribution is 6.19. The molecule has 0 amide bonds. The Morgan fingerprint density at radius 3 is 2.67 bits per heavy atom. The van der Waals surface area contributed by atoms with E-state index in [0.29, 0.717) is 0 Å². The summed E-state index contributed by atoms with van der Waals surface area (Å²) < 4.78 is 9.80. The van der Waals surface area contributed by atoms with Crippen molar-refractivity contribution in [2.75, 3.05) is 0 Å². The maximum atomic E-state index is 11.0. The molecular weight excluding hydrogens is 242 g/mol. The number of aliphatic carboxylic acids is 1. The zero-order valence-corrected chi connectivity index (χ0v) is 8.90. The lowest BCUT2D eigenvalue weighted by molar-refractivity contribution is -0.402. The van der Waals surface area contributed by atoms with Gasteiger partial charge in [-0.1, -0.05) is 0 Å². The molecule has 0 fully saturated rings. The molecule has 0 saturated carbocycles. The predicted molar refractivity (Wildman–Crippen MR) is 59.6 cm³/mol. The molecule has 0 atom stereocenters. The van der Waals surface area contributed by atoms with Gasteiger partial charge in [0.05, 0.1) is 12.3 Å². The first-order chi connectivity index (χ1) is 8.58. The summed E-state index contributed by atoms with van der Waals surface area (Å²) in [5.41, 5.74) is -0.149. The molecule has 2 rings (SSSR count). The van der Waals surface area contributed by atoms with Gasteiger partial charge >= 0.3 is 11.9 Å². The Hall–Kier alpha value is -2.83. The summed E-state index contributed by atoms with van der Waals surface area (Å²) in [5, 5.41) is 19.4. The standard InChI is InChI=1S/C11H7NO6/c13-11(14)8(9-2-1-5-17-9)6-7-3-4-10(18-7)12(15)16/h1-6H,(H,13,14)/b8-6+. The Kier molecular flexibility index (Phi) is 2.96. The van der Waals surface area contributed by atoms with Gasteiger partial charge in [0.2, 0.25) is 0 Å². The van der Waals surface area contributed by atoms with Crippen LogP contribution < -0.4 is 0 Å². The zero-order chi connectivity index (χ0) is 13.1. The third kappa shape index (κ3) is 2.29. The van der Waals surface area contributed by atoms with Crippen LogP contribution in [0.3, 0.4) is 0 Å². The van der Waals surface area contributed by atoms with Crippen molar-refractivity contribution >= 4 is 23.5 Å².